The summed E-state index contributed by atoms with van der Waals surface area (Å²) in [5.74, 6) is 0.156. The number of anilines is 2. The number of fused-ring (bicyclic) bond motifs is 1. The first-order chi connectivity index (χ1) is 14.2. The maximum Gasteiger partial charge on any atom is 0.416 e. The molecule has 0 radical (unpaired) electrons. The SMILES string of the molecule is Nc1nc(Cl)c(-c2cc3cc(C(F)(F)F)ccc3o2)c(N[C@@H]2C[C@H](CO)C[C@H]2O)n1. The molecule has 1 fully saturated rings. The molecular formula is C19H18ClF3N4O3. The van der Waals surface area contributed by atoms with Gasteiger partial charge < -0.3 is 25.7 Å². The molecule has 3 aromatic rings. The molecule has 2 heterocycles. The number of aliphatic hydroxyl groups is 2. The van der Waals surface area contributed by atoms with Crippen LogP contribution < -0.4 is 11.1 Å². The van der Waals surface area contributed by atoms with Crippen LogP contribution in [0.15, 0.2) is 28.7 Å². The van der Waals surface area contributed by atoms with E-state index in [0.717, 1.165) is 12.1 Å². The molecule has 0 spiro atoms. The normalized spacial score (nSPS) is 22.0. The van der Waals surface area contributed by atoms with Crippen LogP contribution in [0.1, 0.15) is 18.4 Å². The highest BCUT2D eigenvalue weighted by molar-refractivity contribution is 6.32. The van der Waals surface area contributed by atoms with Crippen molar-refractivity contribution >= 4 is 34.3 Å². The highest BCUT2D eigenvalue weighted by Gasteiger charge is 2.34. The largest absolute Gasteiger partial charge is 0.456 e. The molecule has 30 heavy (non-hydrogen) atoms. The van der Waals surface area contributed by atoms with Gasteiger partial charge in [-0.1, -0.05) is 11.6 Å². The van der Waals surface area contributed by atoms with Gasteiger partial charge in [0, 0.05) is 12.0 Å². The average Bonchev–Trinajstić information content (AvgIpc) is 3.23. The number of halogens is 4. The van der Waals surface area contributed by atoms with Crippen LogP contribution in [0.3, 0.4) is 0 Å². The maximum absolute atomic E-state index is 13.0. The molecule has 2 aromatic heterocycles. The van der Waals surface area contributed by atoms with Gasteiger partial charge in [0.15, 0.2) is 0 Å². The van der Waals surface area contributed by atoms with E-state index in [4.69, 9.17) is 21.8 Å². The van der Waals surface area contributed by atoms with Gasteiger partial charge >= 0.3 is 6.18 Å². The van der Waals surface area contributed by atoms with E-state index >= 15 is 0 Å². The van der Waals surface area contributed by atoms with Crippen molar-refractivity contribution < 1.29 is 27.8 Å². The average molecular weight is 443 g/mol. The van der Waals surface area contributed by atoms with Crippen molar-refractivity contribution in [2.75, 3.05) is 17.7 Å². The lowest BCUT2D eigenvalue weighted by molar-refractivity contribution is -0.137. The molecule has 5 N–H and O–H groups in total. The van der Waals surface area contributed by atoms with Gasteiger partial charge in [-0.3, -0.25) is 0 Å². The molecule has 4 rings (SSSR count). The van der Waals surface area contributed by atoms with Crippen molar-refractivity contribution in [2.24, 2.45) is 5.92 Å². The third-order valence-corrected chi connectivity index (χ3v) is 5.45. The smallest absolute Gasteiger partial charge is 0.416 e. The van der Waals surface area contributed by atoms with Gasteiger partial charge in [-0.15, -0.1) is 0 Å². The second-order valence-corrected chi connectivity index (χ2v) is 7.65. The van der Waals surface area contributed by atoms with Gasteiger partial charge in [-0.2, -0.15) is 18.2 Å². The molecule has 0 unspecified atom stereocenters. The summed E-state index contributed by atoms with van der Waals surface area (Å²) >= 11 is 6.26. The monoisotopic (exact) mass is 442 g/mol. The number of rotatable bonds is 4. The summed E-state index contributed by atoms with van der Waals surface area (Å²) in [5, 5.41) is 22.9. The Morgan fingerprint density at radius 2 is 2.00 bits per heavy atom. The number of alkyl halides is 3. The lowest BCUT2D eigenvalue weighted by Crippen LogP contribution is -2.29. The Hall–Kier alpha value is -2.56. The van der Waals surface area contributed by atoms with E-state index in [-0.39, 0.29) is 51.7 Å². The second kappa shape index (κ2) is 7.60. The van der Waals surface area contributed by atoms with Crippen LogP contribution >= 0.6 is 11.6 Å². The number of nitrogen functional groups attached to an aromatic ring is 1. The highest BCUT2D eigenvalue weighted by atomic mass is 35.5. The van der Waals surface area contributed by atoms with Crippen molar-refractivity contribution in [3.05, 3.63) is 35.0 Å². The number of hydrogen-bond acceptors (Lipinski definition) is 7. The zero-order valence-corrected chi connectivity index (χ0v) is 16.2. The Balaban J connectivity index is 1.75. The number of nitrogens with two attached hydrogens (primary N) is 1. The van der Waals surface area contributed by atoms with Crippen molar-refractivity contribution in [3.63, 3.8) is 0 Å². The van der Waals surface area contributed by atoms with Gasteiger partial charge in [0.1, 0.15) is 22.3 Å². The molecule has 1 aliphatic carbocycles. The van der Waals surface area contributed by atoms with E-state index in [2.05, 4.69) is 15.3 Å². The quantitative estimate of drug-likeness (QED) is 0.455. The van der Waals surface area contributed by atoms with Gasteiger partial charge in [0.25, 0.3) is 0 Å². The minimum absolute atomic E-state index is 0.0497. The predicted molar refractivity (Wildman–Crippen MR) is 105 cm³/mol. The van der Waals surface area contributed by atoms with Crippen molar-refractivity contribution in [2.45, 2.75) is 31.2 Å². The molecule has 11 heteroatoms. The number of nitrogens with zero attached hydrogens (tertiary/aromatic N) is 2. The summed E-state index contributed by atoms with van der Waals surface area (Å²) in [5.41, 5.74) is 5.36. The predicted octanol–water partition coefficient (Wildman–Crippen LogP) is 3.69. The van der Waals surface area contributed by atoms with Crippen molar-refractivity contribution in [1.29, 1.82) is 0 Å². The Morgan fingerprint density at radius 3 is 2.67 bits per heavy atom. The Kier molecular flexibility index (Phi) is 5.25. The van der Waals surface area contributed by atoms with Gasteiger partial charge in [0.05, 0.1) is 23.3 Å². The molecule has 0 bridgehead atoms. The first kappa shape index (κ1) is 20.7. The van der Waals surface area contributed by atoms with Crippen LogP contribution in [-0.2, 0) is 6.18 Å². The third-order valence-electron chi connectivity index (χ3n) is 5.18. The standard InChI is InChI=1S/C19H18ClF3N4O3/c20-16-15(14-6-9-5-10(19(21,22)23)1-2-13(9)30-14)17(27-18(24)26-16)25-11-3-8(7-28)4-12(11)29/h1-2,5-6,8,11-12,28-29H,3-4,7H2,(H3,24,25,26,27)/t8-,11+,12+/m0/s1. The summed E-state index contributed by atoms with van der Waals surface area (Å²) in [6, 6.07) is 4.13. The van der Waals surface area contributed by atoms with Crippen LogP contribution in [0.5, 0.6) is 0 Å². The van der Waals surface area contributed by atoms with E-state index < -0.39 is 23.9 Å². The number of aliphatic hydroxyl groups excluding tert-OH is 2. The zero-order valence-electron chi connectivity index (χ0n) is 15.4. The molecule has 0 amide bonds. The summed E-state index contributed by atoms with van der Waals surface area (Å²) < 4.78 is 44.7. The van der Waals surface area contributed by atoms with Crippen LogP contribution in [-0.4, -0.2) is 38.9 Å². The molecule has 1 saturated carbocycles. The number of furan rings is 1. The molecule has 0 saturated heterocycles. The van der Waals surface area contributed by atoms with Crippen LogP contribution in [0.4, 0.5) is 24.9 Å². The highest BCUT2D eigenvalue weighted by Crippen LogP contribution is 2.40. The first-order valence-electron chi connectivity index (χ1n) is 9.15. The Bertz CT molecular complexity index is 1090. The Labute approximate surface area is 173 Å². The fourth-order valence-electron chi connectivity index (χ4n) is 3.71. The fourth-order valence-corrected chi connectivity index (χ4v) is 3.98. The van der Waals surface area contributed by atoms with Gasteiger partial charge in [0.2, 0.25) is 5.95 Å². The number of nitrogens with one attached hydrogen (secondary N) is 1. The number of benzene rings is 1. The topological polar surface area (TPSA) is 117 Å². The van der Waals surface area contributed by atoms with Crippen molar-refractivity contribution in [3.8, 4) is 11.3 Å². The summed E-state index contributed by atoms with van der Waals surface area (Å²) in [6.07, 6.45) is -4.30. The third kappa shape index (κ3) is 3.90. The fraction of sp³-hybridized carbons (Fsp3) is 0.368. The zero-order chi connectivity index (χ0) is 21.6. The molecular weight excluding hydrogens is 425 g/mol. The maximum atomic E-state index is 13.0. The van der Waals surface area contributed by atoms with E-state index in [1.165, 1.54) is 12.1 Å². The van der Waals surface area contributed by atoms with Crippen molar-refractivity contribution in [1.82, 2.24) is 9.97 Å². The molecule has 160 valence electrons. The molecule has 3 atom stereocenters. The van der Waals surface area contributed by atoms with E-state index in [9.17, 15) is 23.4 Å². The van der Waals surface area contributed by atoms with Crippen LogP contribution in [0.2, 0.25) is 5.15 Å². The minimum atomic E-state index is -4.48. The molecule has 1 aliphatic rings. The second-order valence-electron chi connectivity index (χ2n) is 7.30. The first-order valence-corrected chi connectivity index (χ1v) is 9.53. The number of hydrogen-bond donors (Lipinski definition) is 4. The van der Waals surface area contributed by atoms with Gasteiger partial charge in [-0.05, 0) is 43.0 Å². The van der Waals surface area contributed by atoms with E-state index in [0.29, 0.717) is 12.8 Å². The van der Waals surface area contributed by atoms with Crippen LogP contribution in [0, 0.1) is 5.92 Å². The molecule has 1 aromatic carbocycles. The summed E-state index contributed by atoms with van der Waals surface area (Å²) in [6.45, 7) is -0.0557. The minimum Gasteiger partial charge on any atom is -0.456 e. The van der Waals surface area contributed by atoms with Crippen LogP contribution in [0.25, 0.3) is 22.3 Å². The lowest BCUT2D eigenvalue weighted by Gasteiger charge is -2.19. The van der Waals surface area contributed by atoms with E-state index in [1.54, 1.807) is 0 Å². The lowest BCUT2D eigenvalue weighted by atomic mass is 10.1. The summed E-state index contributed by atoms with van der Waals surface area (Å²) in [4.78, 5) is 8.06. The molecule has 7 nitrogen and oxygen atoms in total. The van der Waals surface area contributed by atoms with E-state index in [1.807, 2.05) is 0 Å². The molecule has 0 aliphatic heterocycles. The Morgan fingerprint density at radius 1 is 1.23 bits per heavy atom. The number of aromatic nitrogens is 2. The summed E-state index contributed by atoms with van der Waals surface area (Å²) in [7, 11) is 0. The van der Waals surface area contributed by atoms with Gasteiger partial charge in [-0.25, -0.2) is 4.98 Å².